The second-order valence-corrected chi connectivity index (χ2v) is 23.7. The Hall–Kier alpha value is -2.20. The Bertz CT molecular complexity index is 2600. The van der Waals surface area contributed by atoms with E-state index in [0.717, 1.165) is 44.4 Å². The van der Waals surface area contributed by atoms with Gasteiger partial charge in [0.1, 0.15) is 31.7 Å². The fourth-order valence-corrected chi connectivity index (χ4v) is 10.7. The van der Waals surface area contributed by atoms with Crippen molar-refractivity contribution in [3.05, 3.63) is 166 Å². The van der Waals surface area contributed by atoms with Gasteiger partial charge in [0.05, 0.1) is 9.79 Å². The monoisotopic (exact) mass is 922 g/mol. The van der Waals surface area contributed by atoms with Gasteiger partial charge in [-0.2, -0.15) is 0 Å². The minimum atomic E-state index is -4.49. The molecule has 0 N–H and O–H groups in total. The Morgan fingerprint density at radius 1 is 0.500 bits per heavy atom. The van der Waals surface area contributed by atoms with Crippen LogP contribution in [0, 0.1) is 0 Å². The second kappa shape index (κ2) is 19.3. The smallest absolute Gasteiger partial charge is 0.744 e. The molecule has 0 saturated carbocycles. The Morgan fingerprint density at radius 2 is 0.790 bits per heavy atom. The molecular weight excluding hydrogens is 873 g/mol. The first-order chi connectivity index (χ1) is 27.9. The van der Waals surface area contributed by atoms with Gasteiger partial charge in [0, 0.05) is 27.2 Å². The summed E-state index contributed by atoms with van der Waals surface area (Å²) in [6.45, 7) is 18.1. The molecule has 13 heteroatoms. The van der Waals surface area contributed by atoms with Crippen molar-refractivity contribution in [1.82, 2.24) is 0 Å². The normalized spacial score (nSPS) is 13.9. The maximum atomic E-state index is 11.4. The van der Waals surface area contributed by atoms with Crippen molar-refractivity contribution >= 4 is 58.6 Å². The molecule has 0 aromatic heterocycles. The van der Waals surface area contributed by atoms with Crippen molar-refractivity contribution in [2.24, 2.45) is 0 Å². The van der Waals surface area contributed by atoms with Crippen LogP contribution in [0.4, 0.5) is 0 Å². The zero-order valence-electron chi connectivity index (χ0n) is 37.1. The van der Waals surface area contributed by atoms with Crippen molar-refractivity contribution in [1.29, 1.82) is 0 Å². The minimum Gasteiger partial charge on any atom is -0.744 e. The number of rotatable bonds is 10. The number of hydrogen-bond acceptors (Lipinski definition) is 7. The topological polar surface area (TPSA) is 124 Å². The molecule has 1 aliphatic rings. The van der Waals surface area contributed by atoms with E-state index in [2.05, 4.69) is 128 Å². The van der Waals surface area contributed by atoms with Gasteiger partial charge in [-0.1, -0.05) is 157 Å². The van der Waals surface area contributed by atoms with Gasteiger partial charge in [-0.05, 0) is 104 Å². The molecule has 312 valence electrons. The average Bonchev–Trinajstić information content (AvgIpc) is 3.16. The fraction of sp³-hybridized carbons (Fsp3) is 0.265. The standard InChI is InChI=1S/C49H52O7P2S2.2Na/c1-47(2,3)35-27-41-45(43(29-35)57-37-17-9-31(10-18-37)25-33-13-21-39(22-14-33)59(50,51)52)56-46-42(49(41,7)8)28-36(48(4,5)6)30-44(46)58-38-19-11-32(12-20-38)26-34-15-23-40(24-16-34)60(53,54)55;;/h9-24,27-30,57-58H,25-26H2,1-8H3,(H,50,51,52)(H,53,54,55);;/q;2*+1/p-2. The quantitative estimate of drug-likeness (QED) is 0.118. The van der Waals surface area contributed by atoms with Crippen LogP contribution in [0.2, 0.25) is 0 Å². The van der Waals surface area contributed by atoms with Gasteiger partial charge in [0.2, 0.25) is 0 Å². The van der Waals surface area contributed by atoms with Crippen LogP contribution in [-0.2, 0) is 49.3 Å². The largest absolute Gasteiger partial charge is 1.00 e. The zero-order valence-corrected chi connectivity index (χ0v) is 44.8. The van der Waals surface area contributed by atoms with Gasteiger partial charge in [-0.3, -0.25) is 0 Å². The molecular formula is C49H50Na2O7P2S2. The molecule has 6 aromatic carbocycles. The van der Waals surface area contributed by atoms with E-state index in [1.54, 1.807) is 24.3 Å². The van der Waals surface area contributed by atoms with Gasteiger partial charge in [-0.25, -0.2) is 16.8 Å². The third-order valence-electron chi connectivity index (χ3n) is 11.2. The molecule has 0 amide bonds. The van der Waals surface area contributed by atoms with E-state index >= 15 is 0 Å². The molecule has 1 aliphatic heterocycles. The van der Waals surface area contributed by atoms with Crippen LogP contribution >= 0.6 is 17.2 Å². The Kier molecular flexibility index (Phi) is 15.8. The van der Waals surface area contributed by atoms with Crippen LogP contribution < -0.4 is 85.1 Å². The van der Waals surface area contributed by atoms with Crippen molar-refractivity contribution in [2.45, 2.75) is 94.3 Å². The van der Waals surface area contributed by atoms with Gasteiger partial charge in [-0.15, -0.1) is 0 Å². The average molecular weight is 923 g/mol. The SMILES string of the molecule is CC(C)(C)c1cc(Pc2ccc(Cc3ccc(S(=O)(=O)[O-])cc3)cc2)c2c(c1)C(C)(C)c1cc(C(C)(C)C)cc(Pc3ccc(Cc4ccc(S(=O)(=O)[O-])cc4)cc3)c1O2.[Na+].[Na+]. The summed E-state index contributed by atoms with van der Waals surface area (Å²) >= 11 is 0. The van der Waals surface area contributed by atoms with Crippen molar-refractivity contribution in [3.8, 4) is 11.5 Å². The van der Waals surface area contributed by atoms with Crippen LogP contribution in [0.5, 0.6) is 11.5 Å². The van der Waals surface area contributed by atoms with Crippen molar-refractivity contribution in [2.75, 3.05) is 0 Å². The molecule has 7 nitrogen and oxygen atoms in total. The Balaban J connectivity index is 0.00000363. The van der Waals surface area contributed by atoms with Crippen LogP contribution in [0.25, 0.3) is 0 Å². The third kappa shape index (κ3) is 11.8. The molecule has 6 aromatic rings. The summed E-state index contributed by atoms with van der Waals surface area (Å²) in [6.07, 6.45) is 1.22. The molecule has 0 spiro atoms. The molecule has 0 bridgehead atoms. The van der Waals surface area contributed by atoms with Gasteiger partial charge in [0.15, 0.2) is 0 Å². The van der Waals surface area contributed by atoms with Crippen LogP contribution in [0.3, 0.4) is 0 Å². The second-order valence-electron chi connectivity index (χ2n) is 18.2. The summed E-state index contributed by atoms with van der Waals surface area (Å²) in [4.78, 5) is -0.453. The molecule has 7 rings (SSSR count). The van der Waals surface area contributed by atoms with Crippen LogP contribution in [0.15, 0.2) is 131 Å². The fourth-order valence-electron chi connectivity index (χ4n) is 7.45. The molecule has 0 aliphatic carbocycles. The molecule has 0 saturated heterocycles. The summed E-state index contributed by atoms with van der Waals surface area (Å²) in [5.74, 6) is 1.83. The first-order valence-corrected chi connectivity index (χ1v) is 24.6. The molecule has 2 unspecified atom stereocenters. The van der Waals surface area contributed by atoms with Crippen molar-refractivity contribution < 1.29 is 89.8 Å². The zero-order chi connectivity index (χ0) is 43.4. The molecule has 62 heavy (non-hydrogen) atoms. The van der Waals surface area contributed by atoms with E-state index in [9.17, 15) is 25.9 Å². The van der Waals surface area contributed by atoms with Gasteiger partial charge >= 0.3 is 59.1 Å². The number of hydrogen-bond donors (Lipinski definition) is 0. The predicted octanol–water partition coefficient (Wildman–Crippen LogP) is 2.97. The minimum absolute atomic E-state index is 0. The number of fused-ring (bicyclic) bond motifs is 2. The summed E-state index contributed by atoms with van der Waals surface area (Å²) in [5.41, 5.74) is 8.32. The van der Waals surface area contributed by atoms with Gasteiger partial charge in [0.25, 0.3) is 0 Å². The first kappa shape index (κ1) is 50.8. The van der Waals surface area contributed by atoms with E-state index in [1.165, 1.54) is 57.1 Å². The molecule has 0 radical (unpaired) electrons. The molecule has 2 atom stereocenters. The van der Waals surface area contributed by atoms with E-state index in [-0.39, 0.29) is 85.2 Å². The van der Waals surface area contributed by atoms with E-state index in [1.807, 2.05) is 0 Å². The summed E-state index contributed by atoms with van der Waals surface area (Å²) in [5, 5.41) is 4.64. The van der Waals surface area contributed by atoms with E-state index in [0.29, 0.717) is 30.0 Å². The Labute approximate surface area is 415 Å². The third-order valence-corrected chi connectivity index (χ3v) is 15.4. The maximum Gasteiger partial charge on any atom is 1.00 e. The maximum absolute atomic E-state index is 11.4. The summed E-state index contributed by atoms with van der Waals surface area (Å²) in [6, 6.07) is 38.6. The first-order valence-electron chi connectivity index (χ1n) is 19.8. The van der Waals surface area contributed by atoms with Crippen molar-refractivity contribution in [3.63, 3.8) is 0 Å². The van der Waals surface area contributed by atoms with E-state index in [4.69, 9.17) is 4.74 Å². The number of ether oxygens (including phenoxy) is 1. The molecule has 0 fully saturated rings. The van der Waals surface area contributed by atoms with Gasteiger partial charge < -0.3 is 13.8 Å². The summed E-state index contributed by atoms with van der Waals surface area (Å²) < 4.78 is 75.6. The number of benzene rings is 6. The predicted molar refractivity (Wildman–Crippen MR) is 245 cm³/mol. The molecule has 1 heterocycles. The van der Waals surface area contributed by atoms with Crippen LogP contribution in [0.1, 0.15) is 99.9 Å². The van der Waals surface area contributed by atoms with Crippen LogP contribution in [-0.4, -0.2) is 25.9 Å². The summed E-state index contributed by atoms with van der Waals surface area (Å²) in [7, 11) is -8.31. The Morgan fingerprint density at radius 3 is 1.06 bits per heavy atom. The van der Waals surface area contributed by atoms with E-state index < -0.39 is 20.2 Å².